The molecule has 2 N–H and O–H groups in total. The topological polar surface area (TPSA) is 83.0 Å². The fourth-order valence-corrected chi connectivity index (χ4v) is 2.57. The molecule has 0 aliphatic carbocycles. The summed E-state index contributed by atoms with van der Waals surface area (Å²) >= 11 is 11.9. The number of H-pyrrole nitrogens is 1. The lowest BCUT2D eigenvalue weighted by Gasteiger charge is -2.10. The summed E-state index contributed by atoms with van der Waals surface area (Å²) in [5.41, 5.74) is 0.254. The van der Waals surface area contributed by atoms with Gasteiger partial charge in [-0.25, -0.2) is 4.79 Å². The van der Waals surface area contributed by atoms with Gasteiger partial charge >= 0.3 is 5.97 Å². The quantitative estimate of drug-likeness (QED) is 0.750. The normalized spacial score (nSPS) is 10.8. The van der Waals surface area contributed by atoms with E-state index in [0.29, 0.717) is 26.6 Å². The van der Waals surface area contributed by atoms with Crippen LogP contribution in [0.5, 0.6) is 0 Å². The van der Waals surface area contributed by atoms with Gasteiger partial charge in [-0.05, 0) is 23.8 Å². The molecule has 0 spiro atoms. The largest absolute Gasteiger partial charge is 0.477 e. The average molecular weight is 335 g/mol. The van der Waals surface area contributed by atoms with Crippen LogP contribution in [0.4, 0.5) is 0 Å². The molecule has 0 saturated carbocycles. The number of carbonyl (C=O) groups is 1. The molecule has 0 amide bonds. The number of fused-ring (bicyclic) bond motifs is 1. The summed E-state index contributed by atoms with van der Waals surface area (Å²) < 4.78 is 0. The number of carboxylic acid groups (broad SMARTS) is 1. The number of hydrogen-bond acceptors (Lipinski definition) is 3. The fourth-order valence-electron chi connectivity index (χ4n) is 2.27. The van der Waals surface area contributed by atoms with Gasteiger partial charge in [0, 0.05) is 17.1 Å². The molecule has 22 heavy (non-hydrogen) atoms. The predicted molar refractivity (Wildman–Crippen MR) is 84.8 cm³/mol. The highest BCUT2D eigenvalue weighted by Gasteiger charge is 2.19. The number of aromatic carboxylic acids is 1. The SMILES string of the molecule is O=C(O)c1[nH]c(=O)c2ncccc2c1-c1ccc(Cl)c(Cl)c1. The van der Waals surface area contributed by atoms with Crippen molar-refractivity contribution in [2.75, 3.05) is 0 Å². The van der Waals surface area contributed by atoms with Crippen molar-refractivity contribution in [2.45, 2.75) is 0 Å². The minimum atomic E-state index is -1.25. The number of aromatic amines is 1. The van der Waals surface area contributed by atoms with Crippen LogP contribution < -0.4 is 5.56 Å². The van der Waals surface area contributed by atoms with Gasteiger partial charge in [-0.2, -0.15) is 0 Å². The molecule has 0 atom stereocenters. The summed E-state index contributed by atoms with van der Waals surface area (Å²) in [6.07, 6.45) is 1.47. The van der Waals surface area contributed by atoms with Gasteiger partial charge in [0.1, 0.15) is 11.2 Å². The zero-order valence-corrected chi connectivity index (χ0v) is 12.4. The summed E-state index contributed by atoms with van der Waals surface area (Å²) in [6.45, 7) is 0. The molecule has 2 heterocycles. The van der Waals surface area contributed by atoms with Crippen molar-refractivity contribution in [3.05, 3.63) is 62.6 Å². The number of carboxylic acids is 1. The van der Waals surface area contributed by atoms with E-state index in [1.165, 1.54) is 6.20 Å². The van der Waals surface area contributed by atoms with E-state index in [2.05, 4.69) is 9.97 Å². The van der Waals surface area contributed by atoms with Gasteiger partial charge in [0.15, 0.2) is 0 Å². The third-order valence-electron chi connectivity index (χ3n) is 3.20. The summed E-state index contributed by atoms with van der Waals surface area (Å²) in [4.78, 5) is 29.8. The van der Waals surface area contributed by atoms with Crippen molar-refractivity contribution in [3.63, 3.8) is 0 Å². The van der Waals surface area contributed by atoms with Crippen LogP contribution in [-0.4, -0.2) is 21.0 Å². The van der Waals surface area contributed by atoms with Gasteiger partial charge in [-0.1, -0.05) is 35.3 Å². The first-order valence-corrected chi connectivity index (χ1v) is 6.94. The van der Waals surface area contributed by atoms with E-state index in [-0.39, 0.29) is 11.2 Å². The smallest absolute Gasteiger partial charge is 0.353 e. The molecule has 2 aromatic heterocycles. The van der Waals surface area contributed by atoms with Crippen LogP contribution in [0.3, 0.4) is 0 Å². The molecule has 0 aliphatic heterocycles. The number of hydrogen-bond donors (Lipinski definition) is 2. The maximum absolute atomic E-state index is 12.0. The van der Waals surface area contributed by atoms with Crippen LogP contribution in [-0.2, 0) is 0 Å². The first-order valence-electron chi connectivity index (χ1n) is 6.19. The van der Waals surface area contributed by atoms with Crippen molar-refractivity contribution in [3.8, 4) is 11.1 Å². The number of rotatable bonds is 2. The lowest BCUT2D eigenvalue weighted by atomic mass is 9.99. The molecule has 0 fully saturated rings. The highest BCUT2D eigenvalue weighted by Crippen LogP contribution is 2.33. The van der Waals surface area contributed by atoms with E-state index in [0.717, 1.165) is 0 Å². The van der Waals surface area contributed by atoms with Crippen LogP contribution in [0.15, 0.2) is 41.3 Å². The van der Waals surface area contributed by atoms with E-state index in [4.69, 9.17) is 23.2 Å². The molecule has 110 valence electrons. The van der Waals surface area contributed by atoms with Gasteiger partial charge in [0.05, 0.1) is 10.0 Å². The molecule has 7 heteroatoms. The molecule has 3 aromatic rings. The van der Waals surface area contributed by atoms with Crippen molar-refractivity contribution < 1.29 is 9.90 Å². The van der Waals surface area contributed by atoms with Gasteiger partial charge in [0.2, 0.25) is 0 Å². The summed E-state index contributed by atoms with van der Waals surface area (Å²) in [6, 6.07) is 8.03. The van der Waals surface area contributed by atoms with Crippen molar-refractivity contribution in [1.82, 2.24) is 9.97 Å². The lowest BCUT2D eigenvalue weighted by molar-refractivity contribution is 0.0691. The Morgan fingerprint density at radius 2 is 1.95 bits per heavy atom. The minimum absolute atomic E-state index is 0.161. The number of pyridine rings is 2. The fraction of sp³-hybridized carbons (Fsp3) is 0. The molecule has 0 saturated heterocycles. The van der Waals surface area contributed by atoms with E-state index in [9.17, 15) is 14.7 Å². The monoisotopic (exact) mass is 334 g/mol. The number of nitrogens with zero attached hydrogens (tertiary/aromatic N) is 1. The molecular weight excluding hydrogens is 327 g/mol. The Balaban J connectivity index is 2.47. The first kappa shape index (κ1) is 14.6. The molecule has 1 aromatic carbocycles. The summed E-state index contributed by atoms with van der Waals surface area (Å²) in [5.74, 6) is -1.25. The summed E-state index contributed by atoms with van der Waals surface area (Å²) in [7, 11) is 0. The van der Waals surface area contributed by atoms with Gasteiger partial charge in [-0.3, -0.25) is 9.78 Å². The maximum Gasteiger partial charge on any atom is 0.353 e. The second-order valence-corrected chi connectivity index (χ2v) is 5.35. The second kappa shape index (κ2) is 5.44. The second-order valence-electron chi connectivity index (χ2n) is 4.54. The Bertz CT molecular complexity index is 967. The Hall–Kier alpha value is -2.37. The summed E-state index contributed by atoms with van der Waals surface area (Å²) in [5, 5.41) is 10.5. The molecule has 0 bridgehead atoms. The van der Waals surface area contributed by atoms with Gasteiger partial charge in [-0.15, -0.1) is 0 Å². The Morgan fingerprint density at radius 1 is 1.18 bits per heavy atom. The third-order valence-corrected chi connectivity index (χ3v) is 3.94. The Labute approximate surface area is 134 Å². The molecule has 0 unspecified atom stereocenters. The lowest BCUT2D eigenvalue weighted by Crippen LogP contribution is -2.16. The zero-order chi connectivity index (χ0) is 15.9. The van der Waals surface area contributed by atoms with Crippen molar-refractivity contribution in [2.24, 2.45) is 0 Å². The Kier molecular flexibility index (Phi) is 3.60. The Morgan fingerprint density at radius 3 is 2.64 bits per heavy atom. The number of halogens is 2. The van der Waals surface area contributed by atoms with Crippen LogP contribution in [0.1, 0.15) is 10.5 Å². The molecular formula is C15H8Cl2N2O3. The third kappa shape index (κ3) is 2.34. The molecule has 0 aliphatic rings. The van der Waals surface area contributed by atoms with E-state index < -0.39 is 11.5 Å². The van der Waals surface area contributed by atoms with E-state index in [1.807, 2.05) is 0 Å². The van der Waals surface area contributed by atoms with Gasteiger partial charge in [0.25, 0.3) is 5.56 Å². The highest BCUT2D eigenvalue weighted by atomic mass is 35.5. The number of benzene rings is 1. The van der Waals surface area contributed by atoms with Gasteiger partial charge < -0.3 is 10.1 Å². The maximum atomic E-state index is 12.0. The van der Waals surface area contributed by atoms with Crippen molar-refractivity contribution in [1.29, 1.82) is 0 Å². The zero-order valence-electron chi connectivity index (χ0n) is 10.9. The van der Waals surface area contributed by atoms with Crippen LogP contribution >= 0.6 is 23.2 Å². The average Bonchev–Trinajstić information content (AvgIpc) is 2.50. The van der Waals surface area contributed by atoms with E-state index >= 15 is 0 Å². The first-order chi connectivity index (χ1) is 10.5. The standard InChI is InChI=1S/C15H8Cl2N2O3/c16-9-4-3-7(6-10(9)17)11-8-2-1-5-18-12(8)14(20)19-13(11)15(21)22/h1-6H,(H,19,20)(H,21,22). The number of aromatic nitrogens is 2. The van der Waals surface area contributed by atoms with Crippen LogP contribution in [0.2, 0.25) is 10.0 Å². The minimum Gasteiger partial charge on any atom is -0.477 e. The predicted octanol–water partition coefficient (Wildman–Crippen LogP) is 3.60. The molecule has 0 radical (unpaired) electrons. The van der Waals surface area contributed by atoms with E-state index in [1.54, 1.807) is 30.3 Å². The highest BCUT2D eigenvalue weighted by molar-refractivity contribution is 6.42. The number of nitrogens with one attached hydrogen (secondary N) is 1. The van der Waals surface area contributed by atoms with Crippen molar-refractivity contribution >= 4 is 40.1 Å². The van der Waals surface area contributed by atoms with Crippen LogP contribution in [0, 0.1) is 0 Å². The molecule has 3 rings (SSSR count). The molecule has 5 nitrogen and oxygen atoms in total. The van der Waals surface area contributed by atoms with Crippen LogP contribution in [0.25, 0.3) is 22.0 Å².